The van der Waals surface area contributed by atoms with Gasteiger partial charge in [0.2, 0.25) is 0 Å². The lowest BCUT2D eigenvalue weighted by molar-refractivity contribution is 0.0749. The van der Waals surface area contributed by atoms with Crippen molar-refractivity contribution in [3.63, 3.8) is 0 Å². The quantitative estimate of drug-likeness (QED) is 0.846. The number of aliphatic hydroxyl groups excluding tert-OH is 1. The van der Waals surface area contributed by atoms with Gasteiger partial charge in [0.1, 0.15) is 11.3 Å². The molecule has 2 fully saturated rings. The number of hydrogen-bond acceptors (Lipinski definition) is 6. The van der Waals surface area contributed by atoms with Crippen LogP contribution in [0.25, 0.3) is 0 Å². The zero-order valence-corrected chi connectivity index (χ0v) is 16.5. The van der Waals surface area contributed by atoms with E-state index in [0.717, 1.165) is 18.5 Å². The van der Waals surface area contributed by atoms with E-state index in [1.165, 1.54) is 0 Å². The Labute approximate surface area is 169 Å². The highest BCUT2D eigenvalue weighted by Crippen LogP contribution is 2.28. The van der Waals surface area contributed by atoms with Crippen LogP contribution in [0, 0.1) is 12.8 Å². The molecule has 2 aromatic heterocycles. The minimum atomic E-state index is -0.644. The number of likely N-dealkylation sites (tertiary alicyclic amines) is 1. The lowest BCUT2D eigenvalue weighted by atomic mass is 9.95. The van der Waals surface area contributed by atoms with Crippen molar-refractivity contribution in [2.24, 2.45) is 5.92 Å². The van der Waals surface area contributed by atoms with Crippen LogP contribution in [0.15, 0.2) is 39.7 Å². The first-order valence-electron chi connectivity index (χ1n) is 10.1. The van der Waals surface area contributed by atoms with Crippen molar-refractivity contribution in [3.05, 3.63) is 63.5 Å². The summed E-state index contributed by atoms with van der Waals surface area (Å²) < 4.78 is 10.9. The molecule has 0 bridgehead atoms. The van der Waals surface area contributed by atoms with Gasteiger partial charge < -0.3 is 19.2 Å². The summed E-state index contributed by atoms with van der Waals surface area (Å²) in [6.07, 6.45) is 3.28. The molecule has 4 heterocycles. The van der Waals surface area contributed by atoms with Crippen LogP contribution < -0.4 is 5.63 Å². The largest absolute Gasteiger partial charge is 0.427 e. The monoisotopic (exact) mass is 398 g/mol. The van der Waals surface area contributed by atoms with Gasteiger partial charge in [0.25, 0.3) is 5.91 Å². The van der Waals surface area contributed by atoms with Crippen LogP contribution in [-0.2, 0) is 11.2 Å². The van der Waals surface area contributed by atoms with E-state index in [1.54, 1.807) is 18.0 Å². The molecule has 1 N–H and O–H groups in total. The number of aliphatic hydroxyl groups is 1. The van der Waals surface area contributed by atoms with Gasteiger partial charge in [-0.3, -0.25) is 9.78 Å². The van der Waals surface area contributed by atoms with Crippen LogP contribution in [0.1, 0.15) is 46.1 Å². The Hall–Kier alpha value is -2.51. The molecule has 0 spiro atoms. The van der Waals surface area contributed by atoms with Crippen molar-refractivity contribution < 1.29 is 19.1 Å². The van der Waals surface area contributed by atoms with Crippen LogP contribution in [0.4, 0.5) is 0 Å². The van der Waals surface area contributed by atoms with Gasteiger partial charge in [-0.25, -0.2) is 4.79 Å². The second kappa shape index (κ2) is 8.47. The molecular weight excluding hydrogens is 372 g/mol. The Balaban J connectivity index is 1.50. The van der Waals surface area contributed by atoms with Crippen LogP contribution in [-0.4, -0.2) is 53.3 Å². The van der Waals surface area contributed by atoms with E-state index in [4.69, 9.17) is 9.15 Å². The maximum Gasteiger partial charge on any atom is 0.349 e. The first-order valence-corrected chi connectivity index (χ1v) is 10.1. The number of aryl methyl sites for hydroxylation is 1. The van der Waals surface area contributed by atoms with Crippen molar-refractivity contribution in [2.45, 2.75) is 38.2 Å². The molecule has 0 saturated carbocycles. The highest BCUT2D eigenvalue weighted by molar-refractivity contribution is 5.95. The fourth-order valence-electron chi connectivity index (χ4n) is 4.24. The van der Waals surface area contributed by atoms with Crippen LogP contribution in [0.5, 0.6) is 0 Å². The summed E-state index contributed by atoms with van der Waals surface area (Å²) >= 11 is 0. The number of amides is 1. The molecule has 4 rings (SSSR count). The number of rotatable bonds is 4. The predicted molar refractivity (Wildman–Crippen MR) is 106 cm³/mol. The summed E-state index contributed by atoms with van der Waals surface area (Å²) in [5, 5.41) is 10.4. The summed E-state index contributed by atoms with van der Waals surface area (Å²) in [5.41, 5.74) is 0.961. The van der Waals surface area contributed by atoms with Crippen molar-refractivity contribution in [2.75, 3.05) is 26.3 Å². The topological polar surface area (TPSA) is 92.9 Å². The molecule has 2 atom stereocenters. The maximum atomic E-state index is 13.0. The molecule has 7 heteroatoms. The molecule has 2 aromatic rings. The summed E-state index contributed by atoms with van der Waals surface area (Å²) in [7, 11) is 0. The van der Waals surface area contributed by atoms with E-state index in [-0.39, 0.29) is 29.9 Å². The lowest BCUT2D eigenvalue weighted by Gasteiger charge is -2.22. The molecule has 2 aliphatic heterocycles. The Bertz CT molecular complexity index is 921. The van der Waals surface area contributed by atoms with Crippen molar-refractivity contribution in [1.82, 2.24) is 9.88 Å². The number of carbonyl (C=O) groups is 1. The van der Waals surface area contributed by atoms with Gasteiger partial charge in [0, 0.05) is 50.0 Å². The molecule has 1 amide bonds. The number of β-amino-alcohol motifs (C(OH)–C–C–N with tert-alkyl or cyclic N) is 1. The number of hydrogen-bond donors (Lipinski definition) is 1. The molecule has 0 radical (unpaired) electrons. The van der Waals surface area contributed by atoms with E-state index >= 15 is 0 Å². The smallest absolute Gasteiger partial charge is 0.349 e. The fourth-order valence-corrected chi connectivity index (χ4v) is 4.24. The third-order valence-corrected chi connectivity index (χ3v) is 5.90. The molecule has 0 aliphatic carbocycles. The first-order chi connectivity index (χ1) is 14.0. The lowest BCUT2D eigenvalue weighted by Crippen LogP contribution is -2.34. The molecule has 0 unspecified atom stereocenters. The molecule has 29 heavy (non-hydrogen) atoms. The Kier molecular flexibility index (Phi) is 5.78. The second-order valence-electron chi connectivity index (χ2n) is 7.94. The van der Waals surface area contributed by atoms with Gasteiger partial charge in [-0.15, -0.1) is 0 Å². The molecule has 154 valence electrons. The van der Waals surface area contributed by atoms with E-state index in [2.05, 4.69) is 4.98 Å². The Morgan fingerprint density at radius 1 is 1.28 bits per heavy atom. The molecule has 2 aliphatic rings. The maximum absolute atomic E-state index is 13.0. The summed E-state index contributed by atoms with van der Waals surface area (Å²) in [6.45, 7) is 3.66. The van der Waals surface area contributed by atoms with Gasteiger partial charge in [0.15, 0.2) is 0 Å². The third kappa shape index (κ3) is 4.26. The number of ether oxygens (including phenoxy) is 1. The van der Waals surface area contributed by atoms with Gasteiger partial charge in [-0.05, 0) is 49.9 Å². The summed E-state index contributed by atoms with van der Waals surface area (Å²) in [5.74, 6) is 0.289. The summed E-state index contributed by atoms with van der Waals surface area (Å²) in [4.78, 5) is 31.5. The number of carbonyl (C=O) groups excluding carboxylic acids is 1. The molecule has 2 saturated heterocycles. The van der Waals surface area contributed by atoms with Gasteiger partial charge in [-0.1, -0.05) is 6.07 Å². The average molecular weight is 398 g/mol. The Morgan fingerprint density at radius 2 is 2.07 bits per heavy atom. The van der Waals surface area contributed by atoms with Crippen molar-refractivity contribution in [1.29, 1.82) is 0 Å². The Morgan fingerprint density at radius 3 is 2.76 bits per heavy atom. The van der Waals surface area contributed by atoms with Gasteiger partial charge in [-0.2, -0.15) is 0 Å². The predicted octanol–water partition coefficient (Wildman–Crippen LogP) is 1.91. The zero-order chi connectivity index (χ0) is 20.4. The molecule has 7 nitrogen and oxygen atoms in total. The zero-order valence-electron chi connectivity index (χ0n) is 16.5. The normalized spacial score (nSPS) is 22.8. The van der Waals surface area contributed by atoms with Crippen molar-refractivity contribution >= 4 is 5.91 Å². The minimum Gasteiger partial charge on any atom is -0.427 e. The fraction of sp³-hybridized carbons (Fsp3) is 0.500. The van der Waals surface area contributed by atoms with E-state index in [9.17, 15) is 14.7 Å². The highest BCUT2D eigenvalue weighted by Gasteiger charge is 2.36. The van der Waals surface area contributed by atoms with Crippen LogP contribution in [0.3, 0.4) is 0 Å². The number of nitrogens with zero attached hydrogens (tertiary/aromatic N) is 2. The van der Waals surface area contributed by atoms with Gasteiger partial charge in [0.05, 0.1) is 6.10 Å². The third-order valence-electron chi connectivity index (χ3n) is 5.90. The standard InChI is InChI=1S/C22H26N2O5/c1-14-10-19(15-5-8-28-9-6-15)29-22(27)20(14)21(26)24-12-16(18(25)13-24)11-17-4-2-3-7-23-17/h2-4,7,10,15-16,18,25H,5-6,8-9,11-13H2,1H3/t16-,18-/m1/s1. The molecule has 0 aromatic carbocycles. The SMILES string of the molecule is Cc1cc(C2CCOCC2)oc(=O)c1C(=O)N1C[C@@H](Cc2ccccn2)[C@H](O)C1. The van der Waals surface area contributed by atoms with Gasteiger partial charge >= 0.3 is 5.63 Å². The minimum absolute atomic E-state index is 0.0616. The van der Waals surface area contributed by atoms with E-state index in [1.807, 2.05) is 24.3 Å². The van der Waals surface area contributed by atoms with Crippen molar-refractivity contribution in [3.8, 4) is 0 Å². The number of pyridine rings is 1. The van der Waals surface area contributed by atoms with Crippen LogP contribution >= 0.6 is 0 Å². The second-order valence-corrected chi connectivity index (χ2v) is 7.94. The number of aromatic nitrogens is 1. The van der Waals surface area contributed by atoms with Crippen LogP contribution in [0.2, 0.25) is 0 Å². The molecular formula is C22H26N2O5. The highest BCUT2D eigenvalue weighted by atomic mass is 16.5. The average Bonchev–Trinajstić information content (AvgIpc) is 3.09. The van der Waals surface area contributed by atoms with E-state index in [0.29, 0.717) is 37.5 Å². The summed E-state index contributed by atoms with van der Waals surface area (Å²) in [6, 6.07) is 7.46. The van der Waals surface area contributed by atoms with E-state index < -0.39 is 11.7 Å². The first kappa shape index (κ1) is 19.8.